The van der Waals surface area contributed by atoms with Gasteiger partial charge in [-0.1, -0.05) is 0 Å². The molecule has 2 heterocycles. The second-order valence-corrected chi connectivity index (χ2v) is 6.60. The van der Waals surface area contributed by atoms with Gasteiger partial charge in [-0.3, -0.25) is 4.79 Å². The number of aliphatic hydroxyl groups excluding tert-OH is 1. The molecule has 1 aliphatic heterocycles. The van der Waals surface area contributed by atoms with Gasteiger partial charge in [-0.25, -0.2) is 9.18 Å². The van der Waals surface area contributed by atoms with Crippen molar-refractivity contribution in [3.63, 3.8) is 0 Å². The number of carboxylic acids is 1. The Kier molecular flexibility index (Phi) is 3.18. The Balaban J connectivity index is 1.96. The van der Waals surface area contributed by atoms with E-state index in [9.17, 15) is 24.2 Å². The fraction of sp³-hybridized carbons (Fsp3) is 0.412. The molecular weight excluding hydrogens is 315 g/mol. The number of β-amino-alcohol motifs (C(OH)–C–C–N with tert-alkyl or cyclic N) is 1. The largest absolute Gasteiger partial charge is 0.477 e. The minimum Gasteiger partial charge on any atom is -0.477 e. The molecule has 2 aromatic rings. The van der Waals surface area contributed by atoms with Gasteiger partial charge in [0.05, 0.1) is 23.3 Å². The Morgan fingerprint density at radius 2 is 2.04 bits per heavy atom. The number of aromatic carboxylic acids is 1. The number of carboxylic acid groups (broad SMARTS) is 1. The minimum atomic E-state index is -1.31. The van der Waals surface area contributed by atoms with E-state index < -0.39 is 23.3 Å². The number of hydrogen-bond acceptors (Lipinski definition) is 4. The lowest BCUT2D eigenvalue weighted by Crippen LogP contribution is -2.59. The maximum atomic E-state index is 14.5. The van der Waals surface area contributed by atoms with Gasteiger partial charge < -0.3 is 19.7 Å². The van der Waals surface area contributed by atoms with Crippen LogP contribution in [0.15, 0.2) is 23.1 Å². The smallest absolute Gasteiger partial charge is 0.341 e. The molecule has 1 aromatic carbocycles. The van der Waals surface area contributed by atoms with Crippen molar-refractivity contribution in [1.29, 1.82) is 0 Å². The van der Waals surface area contributed by atoms with Crippen molar-refractivity contribution in [2.24, 2.45) is 0 Å². The number of carbonyl (C=O) groups is 1. The molecular formula is C17H17FN2O4. The first-order chi connectivity index (χ1) is 11.4. The maximum absolute atomic E-state index is 14.5. The SMILES string of the molecule is C[C@@H]1[C@@H](O)CN1c1cc2c(cc1F)c(=O)c(C(=O)O)cn2C1CC1. The molecule has 0 amide bonds. The average Bonchev–Trinajstić information content (AvgIpc) is 3.37. The van der Waals surface area contributed by atoms with Gasteiger partial charge in [0.25, 0.3) is 0 Å². The van der Waals surface area contributed by atoms with Gasteiger partial charge in [0, 0.05) is 24.2 Å². The van der Waals surface area contributed by atoms with Crippen LogP contribution in [-0.2, 0) is 0 Å². The summed E-state index contributed by atoms with van der Waals surface area (Å²) in [7, 11) is 0. The average molecular weight is 332 g/mol. The molecule has 1 saturated heterocycles. The van der Waals surface area contributed by atoms with Gasteiger partial charge >= 0.3 is 5.97 Å². The summed E-state index contributed by atoms with van der Waals surface area (Å²) < 4.78 is 16.3. The predicted molar refractivity (Wildman–Crippen MR) is 86.2 cm³/mol. The van der Waals surface area contributed by atoms with Crippen LogP contribution in [0.1, 0.15) is 36.2 Å². The highest BCUT2D eigenvalue weighted by atomic mass is 19.1. The van der Waals surface area contributed by atoms with Crippen LogP contribution in [-0.4, -0.2) is 39.4 Å². The Morgan fingerprint density at radius 3 is 2.58 bits per heavy atom. The van der Waals surface area contributed by atoms with E-state index in [0.29, 0.717) is 17.7 Å². The second kappa shape index (κ2) is 5.04. The van der Waals surface area contributed by atoms with Crippen molar-refractivity contribution in [2.45, 2.75) is 38.0 Å². The van der Waals surface area contributed by atoms with Crippen LogP contribution in [0.2, 0.25) is 0 Å². The summed E-state index contributed by atoms with van der Waals surface area (Å²) in [5.74, 6) is -1.89. The number of halogens is 1. The lowest BCUT2D eigenvalue weighted by atomic mass is 9.99. The zero-order valence-corrected chi connectivity index (χ0v) is 13.1. The van der Waals surface area contributed by atoms with Gasteiger partial charge in [0.1, 0.15) is 11.4 Å². The number of anilines is 1. The van der Waals surface area contributed by atoms with E-state index >= 15 is 0 Å². The van der Waals surface area contributed by atoms with E-state index in [4.69, 9.17) is 0 Å². The summed E-state index contributed by atoms with van der Waals surface area (Å²) in [6.07, 6.45) is 2.67. The van der Waals surface area contributed by atoms with Crippen LogP contribution in [0, 0.1) is 5.82 Å². The summed E-state index contributed by atoms with van der Waals surface area (Å²) in [5.41, 5.74) is -0.138. The molecule has 7 heteroatoms. The maximum Gasteiger partial charge on any atom is 0.341 e. The molecule has 24 heavy (non-hydrogen) atoms. The molecule has 0 radical (unpaired) electrons. The number of rotatable bonds is 3. The lowest BCUT2D eigenvalue weighted by Gasteiger charge is -2.45. The van der Waals surface area contributed by atoms with E-state index in [0.717, 1.165) is 18.9 Å². The highest BCUT2D eigenvalue weighted by Crippen LogP contribution is 2.39. The van der Waals surface area contributed by atoms with E-state index in [-0.39, 0.29) is 23.0 Å². The first-order valence-corrected chi connectivity index (χ1v) is 7.95. The molecule has 2 N–H and O–H groups in total. The number of fused-ring (bicyclic) bond motifs is 1. The van der Waals surface area contributed by atoms with E-state index in [1.165, 1.54) is 6.20 Å². The predicted octanol–water partition coefficient (Wildman–Crippen LogP) is 1.74. The molecule has 0 bridgehead atoms. The summed E-state index contributed by atoms with van der Waals surface area (Å²) >= 11 is 0. The van der Waals surface area contributed by atoms with Gasteiger partial charge in [-0.05, 0) is 31.9 Å². The zero-order valence-electron chi connectivity index (χ0n) is 13.1. The van der Waals surface area contributed by atoms with Crippen molar-refractivity contribution in [3.8, 4) is 0 Å². The molecule has 126 valence electrons. The molecule has 2 fully saturated rings. The fourth-order valence-corrected chi connectivity index (χ4v) is 3.29. The number of aromatic nitrogens is 1. The first-order valence-electron chi connectivity index (χ1n) is 7.95. The van der Waals surface area contributed by atoms with Crippen LogP contribution < -0.4 is 10.3 Å². The van der Waals surface area contributed by atoms with Crippen LogP contribution in [0.25, 0.3) is 10.9 Å². The summed E-state index contributed by atoms with van der Waals surface area (Å²) in [5, 5.41) is 19.0. The van der Waals surface area contributed by atoms with Crippen molar-refractivity contribution in [1.82, 2.24) is 4.57 Å². The first kappa shape index (κ1) is 15.1. The van der Waals surface area contributed by atoms with E-state index in [1.807, 2.05) is 0 Å². The van der Waals surface area contributed by atoms with Crippen LogP contribution in [0.5, 0.6) is 0 Å². The molecule has 1 aliphatic carbocycles. The third-order valence-electron chi connectivity index (χ3n) is 5.01. The second-order valence-electron chi connectivity index (χ2n) is 6.60. The van der Waals surface area contributed by atoms with Gasteiger partial charge in [-0.2, -0.15) is 0 Å². The molecule has 0 unspecified atom stereocenters. The number of benzene rings is 1. The third kappa shape index (κ3) is 2.11. The molecule has 0 spiro atoms. The topological polar surface area (TPSA) is 82.8 Å². The number of hydrogen-bond donors (Lipinski definition) is 2. The Hall–Kier alpha value is -2.41. The molecule has 2 aliphatic rings. The fourth-order valence-electron chi connectivity index (χ4n) is 3.29. The van der Waals surface area contributed by atoms with E-state index in [1.54, 1.807) is 22.5 Å². The Bertz CT molecular complexity index is 919. The summed E-state index contributed by atoms with van der Waals surface area (Å²) in [6.45, 7) is 2.14. The summed E-state index contributed by atoms with van der Waals surface area (Å²) in [6, 6.07) is 2.66. The minimum absolute atomic E-state index is 0.0803. The highest BCUT2D eigenvalue weighted by Gasteiger charge is 2.36. The summed E-state index contributed by atoms with van der Waals surface area (Å²) in [4.78, 5) is 25.4. The number of nitrogens with zero attached hydrogens (tertiary/aromatic N) is 2. The molecule has 1 aromatic heterocycles. The van der Waals surface area contributed by atoms with Crippen LogP contribution >= 0.6 is 0 Å². The normalized spacial score (nSPS) is 23.4. The van der Waals surface area contributed by atoms with E-state index in [2.05, 4.69) is 0 Å². The van der Waals surface area contributed by atoms with Crippen molar-refractivity contribution in [2.75, 3.05) is 11.4 Å². The standard InChI is InChI=1S/C17H17FN2O4/c1-8-15(21)7-19(8)14-5-13-10(4-12(14)18)16(22)11(17(23)24)6-20(13)9-2-3-9/h4-6,8-9,15,21H,2-3,7H2,1H3,(H,23,24)/t8-,15+/m1/s1. The monoisotopic (exact) mass is 332 g/mol. The molecule has 2 atom stereocenters. The number of pyridine rings is 1. The lowest BCUT2D eigenvalue weighted by molar-refractivity contribution is 0.0694. The van der Waals surface area contributed by atoms with Gasteiger partial charge in [-0.15, -0.1) is 0 Å². The molecule has 1 saturated carbocycles. The Morgan fingerprint density at radius 1 is 1.33 bits per heavy atom. The zero-order chi connectivity index (χ0) is 17.2. The van der Waals surface area contributed by atoms with Crippen molar-refractivity contribution in [3.05, 3.63) is 39.9 Å². The van der Waals surface area contributed by atoms with Gasteiger partial charge in [0.2, 0.25) is 5.43 Å². The molecule has 4 rings (SSSR count). The third-order valence-corrected chi connectivity index (χ3v) is 5.01. The molecule has 6 nitrogen and oxygen atoms in total. The quantitative estimate of drug-likeness (QED) is 0.895. The van der Waals surface area contributed by atoms with Crippen molar-refractivity contribution >= 4 is 22.6 Å². The van der Waals surface area contributed by atoms with Gasteiger partial charge in [0.15, 0.2) is 0 Å². The Labute approximate surface area is 136 Å². The van der Waals surface area contributed by atoms with Crippen LogP contribution in [0.4, 0.5) is 10.1 Å². The van der Waals surface area contributed by atoms with Crippen LogP contribution in [0.3, 0.4) is 0 Å². The number of aliphatic hydroxyl groups is 1. The van der Waals surface area contributed by atoms with Crippen molar-refractivity contribution < 1.29 is 19.4 Å². The highest BCUT2D eigenvalue weighted by molar-refractivity contribution is 5.93.